The highest BCUT2D eigenvalue weighted by Crippen LogP contribution is 2.32. The van der Waals surface area contributed by atoms with Gasteiger partial charge in [0.2, 0.25) is 0 Å². The van der Waals surface area contributed by atoms with Crippen LogP contribution < -0.4 is 21.5 Å². The van der Waals surface area contributed by atoms with Crippen LogP contribution in [0.5, 0.6) is 5.75 Å². The van der Waals surface area contributed by atoms with Crippen LogP contribution in [0.2, 0.25) is 5.02 Å². The van der Waals surface area contributed by atoms with Crippen LogP contribution in [0.15, 0.2) is 47.5 Å². The molecule has 6 N–H and O–H groups in total. The smallest absolute Gasteiger partial charge is 0.296 e. The molecular formula is C18H19Cl2N5O2. The summed E-state index contributed by atoms with van der Waals surface area (Å²) >= 11 is 6.24. The second kappa shape index (κ2) is 8.66. The first-order valence-electron chi connectivity index (χ1n) is 7.82. The number of benzene rings is 2. The number of aliphatic imine (C=N–C) groups is 1. The summed E-state index contributed by atoms with van der Waals surface area (Å²) in [5, 5.41) is 3.76. The Hall–Kier alpha value is -2.90. The van der Waals surface area contributed by atoms with E-state index in [1.54, 1.807) is 25.2 Å². The molecule has 3 rings (SSSR count). The molecule has 7 nitrogen and oxygen atoms in total. The number of aromatic amines is 1. The lowest BCUT2D eigenvalue weighted by Gasteiger charge is -2.08. The molecule has 1 amide bonds. The number of hydrogen-bond acceptors (Lipinski definition) is 3. The zero-order valence-electron chi connectivity index (χ0n) is 14.5. The number of fused-ring (bicyclic) bond motifs is 1. The number of nitrogen functional groups attached to an aromatic ring is 1. The minimum atomic E-state index is -0.508. The quantitative estimate of drug-likeness (QED) is 0.301. The number of rotatable bonds is 4. The number of carbonyl (C=O) groups is 1. The number of ether oxygens (including phenoxy) is 1. The van der Waals surface area contributed by atoms with Crippen molar-refractivity contribution in [3.05, 3.63) is 58.7 Å². The normalized spacial score (nSPS) is 11.1. The molecule has 0 atom stereocenters. The average molecular weight is 408 g/mol. The topological polar surface area (TPSA) is 119 Å². The first-order chi connectivity index (χ1) is 12.5. The summed E-state index contributed by atoms with van der Waals surface area (Å²) in [4.78, 5) is 18.9. The van der Waals surface area contributed by atoms with Gasteiger partial charge in [0.25, 0.3) is 5.91 Å². The van der Waals surface area contributed by atoms with Gasteiger partial charge in [0.1, 0.15) is 18.1 Å². The van der Waals surface area contributed by atoms with Crippen LogP contribution in [0.25, 0.3) is 10.9 Å². The Morgan fingerprint density at radius 1 is 1.30 bits per heavy atom. The third-order valence-corrected chi connectivity index (χ3v) is 4.09. The molecule has 0 saturated heterocycles. The van der Waals surface area contributed by atoms with Gasteiger partial charge in [-0.05, 0) is 35.9 Å². The molecule has 0 bridgehead atoms. The predicted octanol–water partition coefficient (Wildman–Crippen LogP) is 3.08. The van der Waals surface area contributed by atoms with E-state index in [0.717, 1.165) is 5.56 Å². The van der Waals surface area contributed by atoms with Crippen LogP contribution in [0.4, 0.5) is 5.69 Å². The summed E-state index contributed by atoms with van der Waals surface area (Å²) in [6.07, 6.45) is 0. The molecule has 0 unspecified atom stereocenters. The van der Waals surface area contributed by atoms with Gasteiger partial charge in [0.15, 0.2) is 5.96 Å². The second-order valence-corrected chi connectivity index (χ2v) is 6.01. The van der Waals surface area contributed by atoms with E-state index in [0.29, 0.717) is 34.0 Å². The zero-order valence-corrected chi connectivity index (χ0v) is 16.0. The lowest BCUT2D eigenvalue weighted by Crippen LogP contribution is -2.28. The van der Waals surface area contributed by atoms with Crippen molar-refractivity contribution in [2.45, 2.75) is 6.61 Å². The van der Waals surface area contributed by atoms with Crippen LogP contribution >= 0.6 is 24.0 Å². The lowest BCUT2D eigenvalue weighted by molar-refractivity contribution is 0.0998. The van der Waals surface area contributed by atoms with Crippen molar-refractivity contribution < 1.29 is 9.53 Å². The van der Waals surface area contributed by atoms with Crippen molar-refractivity contribution in [3.63, 3.8) is 0 Å². The third kappa shape index (κ3) is 4.64. The highest BCUT2D eigenvalue weighted by molar-refractivity contribution is 6.35. The van der Waals surface area contributed by atoms with Crippen LogP contribution in [0, 0.1) is 0 Å². The van der Waals surface area contributed by atoms with E-state index >= 15 is 0 Å². The molecule has 9 heteroatoms. The number of nitrogens with two attached hydrogens (primary N) is 2. The Bertz CT molecular complexity index is 1000. The molecule has 0 aliphatic heterocycles. The second-order valence-electron chi connectivity index (χ2n) is 5.60. The van der Waals surface area contributed by atoms with E-state index < -0.39 is 5.91 Å². The molecule has 1 aromatic heterocycles. The number of H-pyrrole nitrogens is 1. The van der Waals surface area contributed by atoms with Gasteiger partial charge in [-0.3, -0.25) is 4.79 Å². The summed E-state index contributed by atoms with van der Waals surface area (Å²) in [5.41, 5.74) is 13.8. The average Bonchev–Trinajstić information content (AvgIpc) is 3.08. The molecule has 0 aliphatic carbocycles. The van der Waals surface area contributed by atoms with Crippen LogP contribution in [0.1, 0.15) is 16.1 Å². The van der Waals surface area contributed by atoms with E-state index in [4.69, 9.17) is 27.8 Å². The summed E-state index contributed by atoms with van der Waals surface area (Å²) < 4.78 is 5.88. The van der Waals surface area contributed by atoms with E-state index in [9.17, 15) is 4.79 Å². The summed E-state index contributed by atoms with van der Waals surface area (Å²) in [6.45, 7) is 0.328. The van der Waals surface area contributed by atoms with Gasteiger partial charge in [-0.1, -0.05) is 23.7 Å². The summed E-state index contributed by atoms with van der Waals surface area (Å²) in [5.74, 6) is 0.0836. The maximum Gasteiger partial charge on any atom is 0.296 e. The molecule has 3 aromatic rings. The molecular weight excluding hydrogens is 389 g/mol. The molecule has 1 heterocycles. The molecule has 27 heavy (non-hydrogen) atoms. The fourth-order valence-corrected chi connectivity index (χ4v) is 2.68. The van der Waals surface area contributed by atoms with E-state index in [2.05, 4.69) is 15.3 Å². The SMILES string of the molecule is CNC(N)=NC(=O)c1cc2c(Cl)ccc(OCc3cccc(N)c3)c2[nH]1.Cl. The van der Waals surface area contributed by atoms with Crippen LogP contribution in [0.3, 0.4) is 0 Å². The molecule has 142 valence electrons. The fourth-order valence-electron chi connectivity index (χ4n) is 2.46. The van der Waals surface area contributed by atoms with E-state index in [-0.39, 0.29) is 24.1 Å². The molecule has 0 spiro atoms. The lowest BCUT2D eigenvalue weighted by atomic mass is 10.2. The first-order valence-corrected chi connectivity index (χ1v) is 8.20. The number of guanidine groups is 1. The van der Waals surface area contributed by atoms with Gasteiger partial charge in [0, 0.05) is 18.1 Å². The van der Waals surface area contributed by atoms with Gasteiger partial charge in [0.05, 0.1) is 10.5 Å². The summed E-state index contributed by atoms with van der Waals surface area (Å²) in [7, 11) is 1.58. The Balaban J connectivity index is 0.00000261. The molecule has 0 fully saturated rings. The number of carbonyl (C=O) groups excluding carboxylic acids is 1. The Morgan fingerprint density at radius 3 is 2.78 bits per heavy atom. The van der Waals surface area contributed by atoms with Gasteiger partial charge in [-0.2, -0.15) is 4.99 Å². The Morgan fingerprint density at radius 2 is 2.07 bits per heavy atom. The number of amides is 1. The van der Waals surface area contributed by atoms with Crippen molar-refractivity contribution in [1.29, 1.82) is 0 Å². The molecule has 0 saturated carbocycles. The number of nitrogens with one attached hydrogen (secondary N) is 2. The van der Waals surface area contributed by atoms with Crippen LogP contribution in [-0.4, -0.2) is 23.9 Å². The maximum atomic E-state index is 12.2. The van der Waals surface area contributed by atoms with Crippen molar-refractivity contribution in [2.75, 3.05) is 12.8 Å². The molecule has 0 radical (unpaired) electrons. The Kier molecular flexibility index (Phi) is 6.55. The largest absolute Gasteiger partial charge is 0.487 e. The Labute approximate surface area is 167 Å². The number of nitrogens with zero attached hydrogens (tertiary/aromatic N) is 1. The van der Waals surface area contributed by atoms with Crippen molar-refractivity contribution >= 4 is 52.5 Å². The summed E-state index contributed by atoms with van der Waals surface area (Å²) in [6, 6.07) is 12.5. The predicted molar refractivity (Wildman–Crippen MR) is 111 cm³/mol. The first kappa shape index (κ1) is 20.4. The van der Waals surface area contributed by atoms with Gasteiger partial charge >= 0.3 is 0 Å². The van der Waals surface area contributed by atoms with Gasteiger partial charge < -0.3 is 26.5 Å². The number of halogens is 2. The minimum absolute atomic E-state index is 0. The number of aromatic nitrogens is 1. The maximum absolute atomic E-state index is 12.2. The monoisotopic (exact) mass is 407 g/mol. The standard InChI is InChI=1S/C18H18ClN5O2.ClH/c1-22-18(21)24-17(25)14-8-12-13(19)5-6-15(16(12)23-14)26-9-10-3-2-4-11(20)7-10;/h2-8,23H,9,20H2,1H3,(H3,21,22,24,25);1H. The third-order valence-electron chi connectivity index (χ3n) is 3.76. The number of anilines is 1. The van der Waals surface area contributed by atoms with Crippen LogP contribution in [-0.2, 0) is 6.61 Å². The fraction of sp³-hybridized carbons (Fsp3) is 0.111. The van der Waals surface area contributed by atoms with Crippen molar-refractivity contribution in [1.82, 2.24) is 10.3 Å². The zero-order chi connectivity index (χ0) is 18.7. The van der Waals surface area contributed by atoms with E-state index in [1.165, 1.54) is 0 Å². The van der Waals surface area contributed by atoms with Crippen molar-refractivity contribution in [2.24, 2.45) is 10.7 Å². The van der Waals surface area contributed by atoms with Crippen molar-refractivity contribution in [3.8, 4) is 5.75 Å². The van der Waals surface area contributed by atoms with E-state index in [1.807, 2.05) is 24.3 Å². The van der Waals surface area contributed by atoms with Gasteiger partial charge in [-0.15, -0.1) is 12.4 Å². The van der Waals surface area contributed by atoms with Gasteiger partial charge in [-0.25, -0.2) is 0 Å². The highest BCUT2D eigenvalue weighted by Gasteiger charge is 2.15. The minimum Gasteiger partial charge on any atom is -0.487 e. The number of hydrogen-bond donors (Lipinski definition) is 4. The molecule has 2 aromatic carbocycles. The molecule has 0 aliphatic rings. The highest BCUT2D eigenvalue weighted by atomic mass is 35.5.